The topological polar surface area (TPSA) is 60.4 Å². The second kappa shape index (κ2) is 5.83. The van der Waals surface area contributed by atoms with Crippen LogP contribution >= 0.6 is 0 Å². The van der Waals surface area contributed by atoms with Crippen LogP contribution in [0.3, 0.4) is 0 Å². The number of hydrogen-bond donors (Lipinski definition) is 0. The summed E-state index contributed by atoms with van der Waals surface area (Å²) < 4.78 is 56.9. The minimum atomic E-state index is -3.98. The fourth-order valence-electron chi connectivity index (χ4n) is 2.60. The third-order valence-corrected chi connectivity index (χ3v) is 5.40. The number of methoxy groups -OCH3 is 1. The van der Waals surface area contributed by atoms with Crippen LogP contribution in [0.2, 0.25) is 0 Å². The number of sulfone groups is 1. The lowest BCUT2D eigenvalue weighted by Crippen LogP contribution is -2.25. The van der Waals surface area contributed by atoms with Crippen molar-refractivity contribution in [2.75, 3.05) is 12.9 Å². The number of carbonyl (C=O) groups is 1. The van der Waals surface area contributed by atoms with Crippen molar-refractivity contribution in [2.24, 2.45) is 0 Å². The van der Waals surface area contributed by atoms with Crippen LogP contribution in [0.25, 0.3) is 6.08 Å². The van der Waals surface area contributed by atoms with Gasteiger partial charge in [-0.15, -0.1) is 0 Å². The molecule has 0 amide bonds. The first kappa shape index (κ1) is 16.3. The van der Waals surface area contributed by atoms with E-state index in [1.807, 2.05) is 0 Å². The molecule has 3 rings (SSSR count). The molecule has 1 heterocycles. The van der Waals surface area contributed by atoms with Gasteiger partial charge in [-0.25, -0.2) is 17.2 Å². The van der Waals surface area contributed by atoms with Gasteiger partial charge < -0.3 is 4.74 Å². The van der Waals surface area contributed by atoms with Gasteiger partial charge in [0.15, 0.2) is 27.2 Å². The fraction of sp³-hybridized carbons (Fsp3) is 0.118. The van der Waals surface area contributed by atoms with Gasteiger partial charge in [0.25, 0.3) is 0 Å². The summed E-state index contributed by atoms with van der Waals surface area (Å²) in [4.78, 5) is 11.9. The molecule has 1 aliphatic rings. The van der Waals surface area contributed by atoms with E-state index in [0.717, 1.165) is 12.1 Å². The molecular formula is C17H12F2O4S. The van der Waals surface area contributed by atoms with Crippen molar-refractivity contribution in [3.63, 3.8) is 0 Å². The van der Waals surface area contributed by atoms with Crippen LogP contribution < -0.4 is 4.74 Å². The highest BCUT2D eigenvalue weighted by Crippen LogP contribution is 2.31. The van der Waals surface area contributed by atoms with Crippen LogP contribution in [0, 0.1) is 11.6 Å². The Bertz CT molecular complexity index is 978. The highest BCUT2D eigenvalue weighted by molar-refractivity contribution is 7.91. The molecule has 0 aromatic heterocycles. The molecule has 0 saturated heterocycles. The van der Waals surface area contributed by atoms with Gasteiger partial charge in [0, 0.05) is 11.1 Å². The van der Waals surface area contributed by atoms with Crippen molar-refractivity contribution < 1.29 is 26.7 Å². The lowest BCUT2D eigenvalue weighted by molar-refractivity contribution is 0.103. The predicted molar refractivity (Wildman–Crippen MR) is 83.7 cm³/mol. The summed E-state index contributed by atoms with van der Waals surface area (Å²) in [6.07, 6.45) is 1.29. The van der Waals surface area contributed by atoms with Crippen molar-refractivity contribution in [1.82, 2.24) is 0 Å². The Balaban J connectivity index is 2.11. The molecule has 2 aromatic rings. The Morgan fingerprint density at radius 3 is 2.54 bits per heavy atom. The van der Waals surface area contributed by atoms with Crippen molar-refractivity contribution in [3.8, 4) is 5.75 Å². The molecule has 0 fully saturated rings. The van der Waals surface area contributed by atoms with Crippen LogP contribution in [0.1, 0.15) is 15.9 Å². The number of ether oxygens (including phenoxy) is 1. The zero-order valence-electron chi connectivity index (χ0n) is 12.5. The van der Waals surface area contributed by atoms with Gasteiger partial charge >= 0.3 is 0 Å². The monoisotopic (exact) mass is 350 g/mol. The van der Waals surface area contributed by atoms with Gasteiger partial charge in [0.1, 0.15) is 10.7 Å². The first-order valence-electron chi connectivity index (χ1n) is 6.93. The molecule has 0 unspecified atom stereocenters. The molecule has 124 valence electrons. The average Bonchev–Trinajstić information content (AvgIpc) is 2.52. The predicted octanol–water partition coefficient (Wildman–Crippen LogP) is 3.03. The van der Waals surface area contributed by atoms with Gasteiger partial charge in [-0.2, -0.15) is 0 Å². The molecule has 4 nitrogen and oxygen atoms in total. The number of Topliss-reactive ketones (excluding diaryl/α,β-unsaturated/α-hetero) is 1. The number of halogens is 2. The molecule has 0 aliphatic carbocycles. The Hall–Kier alpha value is -2.54. The number of rotatable bonds is 2. The molecule has 0 saturated carbocycles. The van der Waals surface area contributed by atoms with E-state index in [1.165, 1.54) is 37.5 Å². The van der Waals surface area contributed by atoms with E-state index >= 15 is 0 Å². The third kappa shape index (κ3) is 2.71. The molecule has 24 heavy (non-hydrogen) atoms. The minimum absolute atomic E-state index is 0.0344. The van der Waals surface area contributed by atoms with E-state index in [0.29, 0.717) is 5.56 Å². The van der Waals surface area contributed by atoms with E-state index < -0.39 is 37.9 Å². The van der Waals surface area contributed by atoms with E-state index in [-0.39, 0.29) is 16.9 Å². The van der Waals surface area contributed by atoms with Crippen molar-refractivity contribution in [3.05, 3.63) is 64.7 Å². The summed E-state index contributed by atoms with van der Waals surface area (Å²) in [5.41, 5.74) is 0.0610. The summed E-state index contributed by atoms with van der Waals surface area (Å²) in [6, 6.07) is 7.54. The molecule has 7 heteroatoms. The largest absolute Gasteiger partial charge is 0.494 e. The smallest absolute Gasteiger partial charge is 0.191 e. The highest BCUT2D eigenvalue weighted by Gasteiger charge is 2.35. The molecule has 0 N–H and O–H groups in total. The number of ketones is 1. The number of benzene rings is 2. The van der Waals surface area contributed by atoms with Gasteiger partial charge in [-0.05, 0) is 35.9 Å². The standard InChI is InChI=1S/C17H12F2O4S/c1-23-15-6-5-10(8-14(15)19)7-11-9-24(21,22)17-12(16(11)20)3-2-4-13(17)18/h2-8H,9H2,1H3/b11-7+. The van der Waals surface area contributed by atoms with E-state index in [9.17, 15) is 22.0 Å². The summed E-state index contributed by atoms with van der Waals surface area (Å²) in [7, 11) is -2.66. The van der Waals surface area contributed by atoms with Crippen LogP contribution in [-0.2, 0) is 9.84 Å². The number of fused-ring (bicyclic) bond motifs is 1. The van der Waals surface area contributed by atoms with Crippen LogP contribution in [-0.4, -0.2) is 27.1 Å². The molecule has 0 bridgehead atoms. The molecule has 1 aliphatic heterocycles. The maximum Gasteiger partial charge on any atom is 0.191 e. The average molecular weight is 350 g/mol. The Morgan fingerprint density at radius 1 is 1.12 bits per heavy atom. The summed E-state index contributed by atoms with van der Waals surface area (Å²) in [6.45, 7) is 0. The van der Waals surface area contributed by atoms with Crippen molar-refractivity contribution >= 4 is 21.7 Å². The number of hydrogen-bond acceptors (Lipinski definition) is 4. The van der Waals surface area contributed by atoms with E-state index in [1.54, 1.807) is 0 Å². The van der Waals surface area contributed by atoms with Crippen molar-refractivity contribution in [1.29, 1.82) is 0 Å². The summed E-state index contributed by atoms with van der Waals surface area (Å²) in [5.74, 6) is -2.77. The zero-order valence-corrected chi connectivity index (χ0v) is 13.4. The highest BCUT2D eigenvalue weighted by atomic mass is 32.2. The lowest BCUT2D eigenvalue weighted by atomic mass is 10.0. The molecule has 2 aromatic carbocycles. The Kier molecular flexibility index (Phi) is 3.96. The second-order valence-electron chi connectivity index (χ2n) is 5.27. The minimum Gasteiger partial charge on any atom is -0.494 e. The third-order valence-electron chi connectivity index (χ3n) is 3.68. The quantitative estimate of drug-likeness (QED) is 0.781. The molecule has 0 atom stereocenters. The normalized spacial score (nSPS) is 17.6. The van der Waals surface area contributed by atoms with Crippen molar-refractivity contribution in [2.45, 2.75) is 4.90 Å². The molecule has 0 spiro atoms. The number of carbonyl (C=O) groups excluding carboxylic acids is 1. The van der Waals surface area contributed by atoms with Crippen LogP contribution in [0.15, 0.2) is 46.9 Å². The molecular weight excluding hydrogens is 338 g/mol. The van der Waals surface area contributed by atoms with Gasteiger partial charge in [-0.3, -0.25) is 4.79 Å². The van der Waals surface area contributed by atoms with E-state index in [4.69, 9.17) is 4.74 Å². The Morgan fingerprint density at radius 2 is 1.88 bits per heavy atom. The lowest BCUT2D eigenvalue weighted by Gasteiger charge is -2.18. The van der Waals surface area contributed by atoms with Crippen LogP contribution in [0.5, 0.6) is 5.75 Å². The van der Waals surface area contributed by atoms with Crippen LogP contribution in [0.4, 0.5) is 8.78 Å². The summed E-state index contributed by atoms with van der Waals surface area (Å²) in [5, 5.41) is 0. The van der Waals surface area contributed by atoms with Gasteiger partial charge in [-0.1, -0.05) is 12.1 Å². The maximum absolute atomic E-state index is 13.8. The van der Waals surface area contributed by atoms with E-state index in [2.05, 4.69) is 0 Å². The Labute approximate surface area is 137 Å². The first-order valence-corrected chi connectivity index (χ1v) is 8.59. The first-order chi connectivity index (χ1) is 11.3. The maximum atomic E-state index is 13.8. The fourth-order valence-corrected chi connectivity index (χ4v) is 4.23. The SMILES string of the molecule is COc1ccc(/C=C2\CS(=O)(=O)c3c(F)cccc3C2=O)cc1F. The second-order valence-corrected chi connectivity index (χ2v) is 7.19. The van der Waals surface area contributed by atoms with Gasteiger partial charge in [0.05, 0.1) is 12.9 Å². The van der Waals surface area contributed by atoms with Gasteiger partial charge in [0.2, 0.25) is 0 Å². The summed E-state index contributed by atoms with van der Waals surface area (Å²) >= 11 is 0. The zero-order chi connectivity index (χ0) is 17.5. The molecule has 0 radical (unpaired) electrons.